The van der Waals surface area contributed by atoms with Gasteiger partial charge in [0.2, 0.25) is 11.9 Å². The highest BCUT2D eigenvalue weighted by Crippen LogP contribution is 2.31. The number of anilines is 2. The van der Waals surface area contributed by atoms with Crippen molar-refractivity contribution in [1.82, 2.24) is 24.3 Å². The summed E-state index contributed by atoms with van der Waals surface area (Å²) in [5, 5.41) is 4.22. The summed E-state index contributed by atoms with van der Waals surface area (Å²) in [6.07, 6.45) is 4.21. The van der Waals surface area contributed by atoms with Crippen LogP contribution in [0.25, 0.3) is 16.7 Å². The van der Waals surface area contributed by atoms with Crippen LogP contribution in [0.4, 0.5) is 11.6 Å². The highest BCUT2D eigenvalue weighted by Gasteiger charge is 2.20. The van der Waals surface area contributed by atoms with Gasteiger partial charge in [0.1, 0.15) is 5.65 Å². The fourth-order valence-electron chi connectivity index (χ4n) is 4.82. The van der Waals surface area contributed by atoms with Gasteiger partial charge in [-0.1, -0.05) is 19.1 Å². The Kier molecular flexibility index (Phi) is 8.27. The number of hydrogen-bond donors (Lipinski definition) is 1. The molecule has 4 aromatic rings. The molecule has 1 aliphatic rings. The largest absolute Gasteiger partial charge is 0.490 e. The van der Waals surface area contributed by atoms with E-state index in [1.54, 1.807) is 0 Å². The molecule has 0 atom stereocenters. The van der Waals surface area contributed by atoms with Crippen molar-refractivity contribution in [3.05, 3.63) is 66.5 Å². The number of carbonyl (C=O) groups excluding carboxylic acids is 1. The number of piperazine rings is 1. The van der Waals surface area contributed by atoms with E-state index in [-0.39, 0.29) is 5.91 Å². The van der Waals surface area contributed by atoms with Gasteiger partial charge in [0.15, 0.2) is 11.5 Å². The second-order valence-electron chi connectivity index (χ2n) is 9.47. The number of likely N-dealkylation sites (N-methyl/N-ethyl adjacent to an activating group) is 1. The molecule has 9 nitrogen and oxygen atoms in total. The smallest absolute Gasteiger partial charge is 0.229 e. The van der Waals surface area contributed by atoms with E-state index >= 15 is 0 Å². The molecule has 0 saturated carbocycles. The molecule has 1 saturated heterocycles. The monoisotopic (exact) mass is 528 g/mol. The maximum absolute atomic E-state index is 12.8. The van der Waals surface area contributed by atoms with Crippen LogP contribution in [0.5, 0.6) is 11.5 Å². The van der Waals surface area contributed by atoms with E-state index in [0.717, 1.165) is 60.7 Å². The molecule has 5 rings (SSSR count). The fraction of sp³-hybridized carbons (Fsp3) is 0.367. The van der Waals surface area contributed by atoms with Crippen molar-refractivity contribution in [2.75, 3.05) is 51.3 Å². The number of rotatable bonds is 10. The molecular formula is C30H36N6O3. The van der Waals surface area contributed by atoms with Crippen LogP contribution >= 0.6 is 0 Å². The van der Waals surface area contributed by atoms with Crippen LogP contribution in [-0.4, -0.2) is 76.2 Å². The molecule has 204 valence electrons. The molecule has 39 heavy (non-hydrogen) atoms. The van der Waals surface area contributed by atoms with E-state index in [4.69, 9.17) is 14.5 Å². The lowest BCUT2D eigenvalue weighted by Crippen LogP contribution is -2.48. The summed E-state index contributed by atoms with van der Waals surface area (Å²) in [5.41, 5.74) is 3.59. The Morgan fingerprint density at radius 3 is 2.38 bits per heavy atom. The van der Waals surface area contributed by atoms with Gasteiger partial charge in [-0.05, 0) is 56.3 Å². The van der Waals surface area contributed by atoms with Crippen LogP contribution in [0.3, 0.4) is 0 Å². The molecule has 0 bridgehead atoms. The molecule has 0 spiro atoms. The molecule has 0 aliphatic carbocycles. The zero-order chi connectivity index (χ0) is 27.2. The summed E-state index contributed by atoms with van der Waals surface area (Å²) in [6.45, 7) is 11.7. The number of hydrogen-bond acceptors (Lipinski definition) is 7. The second-order valence-corrected chi connectivity index (χ2v) is 9.47. The molecule has 2 aromatic carbocycles. The van der Waals surface area contributed by atoms with Crippen molar-refractivity contribution < 1.29 is 14.3 Å². The summed E-state index contributed by atoms with van der Waals surface area (Å²) in [5.74, 6) is 2.06. The lowest BCUT2D eigenvalue weighted by molar-refractivity contribution is -0.132. The van der Waals surface area contributed by atoms with Crippen molar-refractivity contribution in [3.63, 3.8) is 0 Å². The van der Waals surface area contributed by atoms with Crippen molar-refractivity contribution in [2.24, 2.45) is 0 Å². The quantitative estimate of drug-likeness (QED) is 0.320. The third kappa shape index (κ3) is 6.15. The number of carbonyl (C=O) groups is 1. The van der Waals surface area contributed by atoms with Crippen molar-refractivity contribution in [2.45, 2.75) is 27.2 Å². The van der Waals surface area contributed by atoms with Crippen LogP contribution in [0, 0.1) is 0 Å². The zero-order valence-corrected chi connectivity index (χ0v) is 22.9. The Bertz CT molecular complexity index is 1410. The number of benzene rings is 2. The van der Waals surface area contributed by atoms with Gasteiger partial charge in [-0.25, -0.2) is 4.98 Å². The van der Waals surface area contributed by atoms with Gasteiger partial charge in [-0.2, -0.15) is 4.98 Å². The molecule has 3 heterocycles. The molecule has 0 unspecified atom stereocenters. The van der Waals surface area contributed by atoms with Crippen molar-refractivity contribution in [1.29, 1.82) is 0 Å². The Labute approximate surface area is 229 Å². The minimum absolute atomic E-state index is 0.190. The average Bonchev–Trinajstić information content (AvgIpc) is 3.38. The van der Waals surface area contributed by atoms with E-state index < -0.39 is 0 Å². The molecule has 1 N–H and O–H groups in total. The number of nitrogens with zero attached hydrogens (tertiary/aromatic N) is 5. The number of ether oxygens (including phenoxy) is 2. The third-order valence-electron chi connectivity index (χ3n) is 6.97. The summed E-state index contributed by atoms with van der Waals surface area (Å²) >= 11 is 0. The summed E-state index contributed by atoms with van der Waals surface area (Å²) < 4.78 is 13.4. The predicted octanol–water partition coefficient (Wildman–Crippen LogP) is 4.67. The fourth-order valence-corrected chi connectivity index (χ4v) is 4.82. The van der Waals surface area contributed by atoms with Gasteiger partial charge in [0.25, 0.3) is 0 Å². The average molecular weight is 529 g/mol. The number of aromatic nitrogens is 3. The van der Waals surface area contributed by atoms with Crippen molar-refractivity contribution >= 4 is 28.6 Å². The maximum atomic E-state index is 12.8. The summed E-state index contributed by atoms with van der Waals surface area (Å²) in [4.78, 5) is 26.4. The first-order chi connectivity index (χ1) is 19.1. The first kappa shape index (κ1) is 26.5. The Morgan fingerprint density at radius 1 is 0.923 bits per heavy atom. The van der Waals surface area contributed by atoms with Crippen molar-refractivity contribution in [3.8, 4) is 17.2 Å². The number of amides is 1. The minimum Gasteiger partial charge on any atom is -0.490 e. The van der Waals surface area contributed by atoms with Gasteiger partial charge in [0, 0.05) is 61.4 Å². The van der Waals surface area contributed by atoms with E-state index in [2.05, 4.69) is 22.1 Å². The SMILES string of the molecule is CCOc1ccc(Nc2ncc3ccn(-c4ccc(CC(=O)N5CCN(CC)CC5)cc4)c3n2)cc1OCC. The molecular weight excluding hydrogens is 492 g/mol. The number of nitrogens with one attached hydrogen (secondary N) is 1. The normalized spacial score (nSPS) is 14.0. The van der Waals surface area contributed by atoms with Crippen LogP contribution in [-0.2, 0) is 11.2 Å². The minimum atomic E-state index is 0.190. The van der Waals surface area contributed by atoms with Gasteiger partial charge < -0.3 is 29.2 Å². The molecule has 0 radical (unpaired) electrons. The summed E-state index contributed by atoms with van der Waals surface area (Å²) in [7, 11) is 0. The Hall–Kier alpha value is -4.11. The van der Waals surface area contributed by atoms with Crippen LogP contribution in [0.15, 0.2) is 60.9 Å². The van der Waals surface area contributed by atoms with Crippen LogP contribution < -0.4 is 14.8 Å². The van der Waals surface area contributed by atoms with Gasteiger partial charge in [-0.3, -0.25) is 4.79 Å². The van der Waals surface area contributed by atoms with Gasteiger partial charge in [0.05, 0.1) is 19.6 Å². The second kappa shape index (κ2) is 12.2. The Morgan fingerprint density at radius 2 is 1.67 bits per heavy atom. The topological polar surface area (TPSA) is 84.8 Å². The molecule has 2 aromatic heterocycles. The zero-order valence-electron chi connectivity index (χ0n) is 22.9. The van der Waals surface area contributed by atoms with E-state index in [0.29, 0.717) is 37.1 Å². The first-order valence-electron chi connectivity index (χ1n) is 13.7. The predicted molar refractivity (Wildman–Crippen MR) is 153 cm³/mol. The van der Waals surface area contributed by atoms with Gasteiger partial charge in [-0.15, -0.1) is 0 Å². The highest BCUT2D eigenvalue weighted by molar-refractivity contribution is 5.80. The van der Waals surface area contributed by atoms with E-state index in [1.165, 1.54) is 0 Å². The summed E-state index contributed by atoms with van der Waals surface area (Å²) in [6, 6.07) is 15.8. The maximum Gasteiger partial charge on any atom is 0.229 e. The highest BCUT2D eigenvalue weighted by atomic mass is 16.5. The standard InChI is InChI=1S/C30H36N6O3/c1-4-34-15-17-35(18-16-34)28(37)19-22-7-10-25(11-8-22)36-14-13-23-21-31-30(33-29(23)36)32-24-9-12-26(38-5-2)27(20-24)39-6-3/h7-14,20-21H,4-6,15-19H2,1-3H3,(H,31,32,33). The van der Waals surface area contributed by atoms with E-state index in [1.807, 2.05) is 84.2 Å². The van der Waals surface area contributed by atoms with Crippen LogP contribution in [0.1, 0.15) is 26.3 Å². The first-order valence-corrected chi connectivity index (χ1v) is 13.7. The van der Waals surface area contributed by atoms with Gasteiger partial charge >= 0.3 is 0 Å². The lowest BCUT2D eigenvalue weighted by atomic mass is 10.1. The Balaban J connectivity index is 1.30. The third-order valence-corrected chi connectivity index (χ3v) is 6.97. The number of fused-ring (bicyclic) bond motifs is 1. The van der Waals surface area contributed by atoms with Crippen LogP contribution in [0.2, 0.25) is 0 Å². The lowest BCUT2D eigenvalue weighted by Gasteiger charge is -2.34. The molecule has 1 aliphatic heterocycles. The van der Waals surface area contributed by atoms with E-state index in [9.17, 15) is 4.79 Å². The molecule has 9 heteroatoms. The molecule has 1 fully saturated rings. The molecule has 1 amide bonds.